The van der Waals surface area contributed by atoms with Crippen molar-refractivity contribution in [3.05, 3.63) is 21.7 Å². The second kappa shape index (κ2) is 8.25. The largest absolute Gasteiger partial charge is 0.490 e. The number of anilines is 1. The van der Waals surface area contributed by atoms with Crippen molar-refractivity contribution >= 4 is 27.7 Å². The van der Waals surface area contributed by atoms with Crippen molar-refractivity contribution < 1.29 is 18.7 Å². The predicted molar refractivity (Wildman–Crippen MR) is 108 cm³/mol. The van der Waals surface area contributed by atoms with Gasteiger partial charge >= 0.3 is 6.09 Å². The van der Waals surface area contributed by atoms with E-state index >= 15 is 0 Å². The molecular formula is C20H28BrFN2O3. The summed E-state index contributed by atoms with van der Waals surface area (Å²) in [4.78, 5) is 16.4. The average molecular weight is 443 g/mol. The van der Waals surface area contributed by atoms with Crippen LogP contribution in [-0.4, -0.2) is 56.1 Å². The van der Waals surface area contributed by atoms with Crippen LogP contribution in [0.15, 0.2) is 10.5 Å². The van der Waals surface area contributed by atoms with Gasteiger partial charge in [-0.3, -0.25) is 4.39 Å². The number of nitrogens with zero attached hydrogens (tertiary/aromatic N) is 2. The third-order valence-electron chi connectivity index (χ3n) is 4.83. The van der Waals surface area contributed by atoms with Gasteiger partial charge in [-0.05, 0) is 73.2 Å². The van der Waals surface area contributed by atoms with E-state index in [2.05, 4.69) is 26.9 Å². The van der Waals surface area contributed by atoms with Crippen LogP contribution in [0.3, 0.4) is 0 Å². The number of carbonyl (C=O) groups excluding carboxylic acids is 1. The standard InChI is InChI=1S/C20H28BrFN2O3/c1-20(2,3)27-19(25)24-9-5-14-13-16-18(17(21)15(14)6-10-24)23(8-4-7-22)11-12-26-16/h13H,4-12H2,1-3H3. The molecule has 0 aromatic heterocycles. The molecule has 0 atom stereocenters. The molecule has 2 aliphatic heterocycles. The van der Waals surface area contributed by atoms with Crippen molar-refractivity contribution in [2.24, 2.45) is 0 Å². The van der Waals surface area contributed by atoms with Gasteiger partial charge in [0.25, 0.3) is 0 Å². The predicted octanol–water partition coefficient (Wildman–Crippen LogP) is 4.34. The lowest BCUT2D eigenvalue weighted by molar-refractivity contribution is 0.0258. The Kier molecular flexibility index (Phi) is 6.18. The Hall–Kier alpha value is -1.50. The number of ether oxygens (including phenoxy) is 2. The fourth-order valence-corrected chi connectivity index (χ4v) is 4.48. The molecule has 1 amide bonds. The topological polar surface area (TPSA) is 42.0 Å². The van der Waals surface area contributed by atoms with Gasteiger partial charge in [0.05, 0.1) is 18.9 Å². The zero-order valence-electron chi connectivity index (χ0n) is 16.3. The van der Waals surface area contributed by atoms with Gasteiger partial charge in [0, 0.05) is 24.1 Å². The maximum atomic E-state index is 12.7. The Morgan fingerprint density at radius 2 is 2.04 bits per heavy atom. The monoisotopic (exact) mass is 442 g/mol. The van der Waals surface area contributed by atoms with Crippen molar-refractivity contribution in [2.75, 3.05) is 44.4 Å². The zero-order valence-corrected chi connectivity index (χ0v) is 17.9. The Labute approximate surface area is 168 Å². The number of hydrogen-bond donors (Lipinski definition) is 0. The molecule has 0 radical (unpaired) electrons. The van der Waals surface area contributed by atoms with E-state index in [1.807, 2.05) is 20.8 Å². The Morgan fingerprint density at radius 3 is 2.74 bits per heavy atom. The molecule has 3 rings (SSSR count). The first-order valence-corrected chi connectivity index (χ1v) is 10.4. The van der Waals surface area contributed by atoms with Crippen LogP contribution in [0, 0.1) is 0 Å². The first-order valence-electron chi connectivity index (χ1n) is 9.56. The third kappa shape index (κ3) is 4.68. The van der Waals surface area contributed by atoms with Gasteiger partial charge in [0.15, 0.2) is 0 Å². The number of alkyl halides is 1. The van der Waals surface area contributed by atoms with E-state index in [0.29, 0.717) is 32.7 Å². The Morgan fingerprint density at radius 1 is 1.30 bits per heavy atom. The highest BCUT2D eigenvalue weighted by Gasteiger charge is 2.29. The molecule has 0 bridgehead atoms. The third-order valence-corrected chi connectivity index (χ3v) is 5.68. The smallest absolute Gasteiger partial charge is 0.410 e. The SMILES string of the molecule is CC(C)(C)OC(=O)N1CCc2cc3c(c(Br)c2CC1)N(CCCF)CCO3. The average Bonchev–Trinajstić information content (AvgIpc) is 2.81. The fourth-order valence-electron chi connectivity index (χ4n) is 3.58. The van der Waals surface area contributed by atoms with Crippen LogP contribution >= 0.6 is 15.9 Å². The van der Waals surface area contributed by atoms with Crippen molar-refractivity contribution in [1.29, 1.82) is 0 Å². The zero-order chi connectivity index (χ0) is 19.6. The van der Waals surface area contributed by atoms with E-state index in [1.54, 1.807) is 4.90 Å². The number of hydrogen-bond acceptors (Lipinski definition) is 4. The summed E-state index contributed by atoms with van der Waals surface area (Å²) in [5, 5.41) is 0. The Balaban J connectivity index is 1.83. The fraction of sp³-hybridized carbons (Fsp3) is 0.650. The number of rotatable bonds is 3. The molecule has 0 fully saturated rings. The molecule has 1 aromatic carbocycles. The van der Waals surface area contributed by atoms with Crippen LogP contribution in [-0.2, 0) is 17.6 Å². The van der Waals surface area contributed by atoms with Gasteiger partial charge in [-0.15, -0.1) is 0 Å². The van der Waals surface area contributed by atoms with E-state index in [-0.39, 0.29) is 12.8 Å². The molecular weight excluding hydrogens is 415 g/mol. The molecule has 0 aliphatic carbocycles. The van der Waals surface area contributed by atoms with Gasteiger partial charge in [0.1, 0.15) is 18.0 Å². The maximum Gasteiger partial charge on any atom is 0.410 e. The summed E-state index contributed by atoms with van der Waals surface area (Å²) in [5.41, 5.74) is 2.91. The van der Waals surface area contributed by atoms with Crippen LogP contribution in [0.25, 0.3) is 0 Å². The van der Waals surface area contributed by atoms with E-state index in [9.17, 15) is 9.18 Å². The number of halogens is 2. The molecule has 0 unspecified atom stereocenters. The molecule has 0 saturated carbocycles. The molecule has 0 N–H and O–H groups in total. The molecule has 7 heteroatoms. The van der Waals surface area contributed by atoms with E-state index in [4.69, 9.17) is 9.47 Å². The normalized spacial score (nSPS) is 16.9. The van der Waals surface area contributed by atoms with Gasteiger partial charge in [-0.2, -0.15) is 0 Å². The van der Waals surface area contributed by atoms with Gasteiger partial charge in [-0.25, -0.2) is 4.79 Å². The number of carbonyl (C=O) groups is 1. The molecule has 5 nitrogen and oxygen atoms in total. The minimum atomic E-state index is -0.499. The number of benzene rings is 1. The first-order chi connectivity index (χ1) is 12.8. The highest BCUT2D eigenvalue weighted by Crippen LogP contribution is 2.43. The molecule has 2 heterocycles. The van der Waals surface area contributed by atoms with E-state index in [0.717, 1.165) is 35.3 Å². The summed E-state index contributed by atoms with van der Waals surface area (Å²) in [6.45, 7) is 8.60. The summed E-state index contributed by atoms with van der Waals surface area (Å²) in [6.07, 6.45) is 1.75. The molecule has 2 aliphatic rings. The van der Waals surface area contributed by atoms with Gasteiger partial charge in [0.2, 0.25) is 0 Å². The lowest BCUT2D eigenvalue weighted by atomic mass is 10.0. The van der Waals surface area contributed by atoms with E-state index < -0.39 is 5.60 Å². The minimum Gasteiger partial charge on any atom is -0.490 e. The summed E-state index contributed by atoms with van der Waals surface area (Å²) in [5.74, 6) is 0.844. The van der Waals surface area contributed by atoms with Crippen LogP contribution in [0.2, 0.25) is 0 Å². The number of amides is 1. The van der Waals surface area contributed by atoms with Crippen LogP contribution in [0.5, 0.6) is 5.75 Å². The summed E-state index contributed by atoms with van der Waals surface area (Å²) in [6, 6.07) is 2.09. The van der Waals surface area contributed by atoms with Crippen molar-refractivity contribution in [1.82, 2.24) is 4.90 Å². The van der Waals surface area contributed by atoms with Crippen molar-refractivity contribution in [3.8, 4) is 5.75 Å². The highest BCUT2D eigenvalue weighted by atomic mass is 79.9. The highest BCUT2D eigenvalue weighted by molar-refractivity contribution is 9.10. The number of fused-ring (bicyclic) bond motifs is 2. The summed E-state index contributed by atoms with van der Waals surface area (Å²) < 4.78 is 25.1. The van der Waals surface area contributed by atoms with Crippen molar-refractivity contribution in [2.45, 2.75) is 45.6 Å². The first kappa shape index (κ1) is 20.2. The van der Waals surface area contributed by atoms with Gasteiger partial charge < -0.3 is 19.3 Å². The lowest BCUT2D eigenvalue weighted by Crippen LogP contribution is -2.38. The second-order valence-corrected chi connectivity index (χ2v) is 8.81. The summed E-state index contributed by atoms with van der Waals surface area (Å²) in [7, 11) is 0. The maximum absolute atomic E-state index is 12.7. The van der Waals surface area contributed by atoms with Gasteiger partial charge in [-0.1, -0.05) is 0 Å². The van der Waals surface area contributed by atoms with Crippen LogP contribution in [0.1, 0.15) is 38.3 Å². The Bertz CT molecular complexity index is 705. The van der Waals surface area contributed by atoms with Crippen LogP contribution < -0.4 is 9.64 Å². The minimum absolute atomic E-state index is 0.267. The van der Waals surface area contributed by atoms with E-state index in [1.165, 1.54) is 11.1 Å². The molecule has 0 spiro atoms. The summed E-state index contributed by atoms with van der Waals surface area (Å²) >= 11 is 3.78. The second-order valence-electron chi connectivity index (χ2n) is 8.02. The molecule has 27 heavy (non-hydrogen) atoms. The molecule has 0 saturated heterocycles. The van der Waals surface area contributed by atoms with Crippen LogP contribution in [0.4, 0.5) is 14.9 Å². The quantitative estimate of drug-likeness (QED) is 0.697. The molecule has 1 aromatic rings. The lowest BCUT2D eigenvalue weighted by Gasteiger charge is -2.33. The van der Waals surface area contributed by atoms with Crippen molar-refractivity contribution in [3.63, 3.8) is 0 Å². The molecule has 150 valence electrons.